The fourth-order valence-electron chi connectivity index (χ4n) is 2.73. The van der Waals surface area contributed by atoms with Gasteiger partial charge in [0.1, 0.15) is 5.01 Å². The molecule has 0 aliphatic carbocycles. The number of nitrogens with one attached hydrogen (secondary N) is 2. The number of halogens is 1. The number of thiazole rings is 1. The summed E-state index contributed by atoms with van der Waals surface area (Å²) < 4.78 is 0. The molecule has 5 nitrogen and oxygen atoms in total. The standard InChI is InChI=1S/C21H20ClN3O2S/c1-13-21(16-5-7-17(22)8-6-16)25-20(28-13)12-23-19(27)11-15-3-9-18(10-4-15)24-14(2)26/h3-10H,11-12H2,1-2H3,(H,23,27)(H,24,26). The number of benzene rings is 2. The molecular formula is C21H20ClN3O2S. The van der Waals surface area contributed by atoms with Crippen LogP contribution in [0.4, 0.5) is 5.69 Å². The zero-order chi connectivity index (χ0) is 20.1. The summed E-state index contributed by atoms with van der Waals surface area (Å²) in [6.07, 6.45) is 0.273. The lowest BCUT2D eigenvalue weighted by atomic mass is 10.1. The van der Waals surface area contributed by atoms with Crippen molar-refractivity contribution in [2.24, 2.45) is 0 Å². The molecule has 0 aliphatic rings. The van der Waals surface area contributed by atoms with Gasteiger partial charge in [-0.2, -0.15) is 0 Å². The molecule has 3 aromatic rings. The van der Waals surface area contributed by atoms with Crippen molar-refractivity contribution < 1.29 is 9.59 Å². The monoisotopic (exact) mass is 413 g/mol. The van der Waals surface area contributed by atoms with Crippen LogP contribution in [0.5, 0.6) is 0 Å². The van der Waals surface area contributed by atoms with E-state index in [2.05, 4.69) is 15.6 Å². The highest BCUT2D eigenvalue weighted by Gasteiger charge is 2.11. The van der Waals surface area contributed by atoms with Crippen molar-refractivity contribution in [1.29, 1.82) is 0 Å². The summed E-state index contributed by atoms with van der Waals surface area (Å²) in [7, 11) is 0. The molecule has 1 aromatic heterocycles. The predicted molar refractivity (Wildman–Crippen MR) is 114 cm³/mol. The van der Waals surface area contributed by atoms with E-state index < -0.39 is 0 Å². The number of nitrogens with zero attached hydrogens (tertiary/aromatic N) is 1. The Kier molecular flexibility index (Phi) is 6.44. The normalized spacial score (nSPS) is 10.5. The van der Waals surface area contributed by atoms with Crippen LogP contribution in [-0.4, -0.2) is 16.8 Å². The van der Waals surface area contributed by atoms with Gasteiger partial charge in [0.2, 0.25) is 11.8 Å². The molecule has 0 saturated heterocycles. The van der Waals surface area contributed by atoms with Crippen molar-refractivity contribution in [3.63, 3.8) is 0 Å². The maximum absolute atomic E-state index is 12.2. The van der Waals surface area contributed by atoms with E-state index in [1.54, 1.807) is 23.5 Å². The first-order valence-corrected chi connectivity index (χ1v) is 9.95. The van der Waals surface area contributed by atoms with Crippen molar-refractivity contribution in [2.75, 3.05) is 5.32 Å². The van der Waals surface area contributed by atoms with Crippen LogP contribution in [-0.2, 0) is 22.6 Å². The zero-order valence-electron chi connectivity index (χ0n) is 15.6. The molecule has 7 heteroatoms. The molecule has 0 unspecified atom stereocenters. The first-order valence-electron chi connectivity index (χ1n) is 8.76. The van der Waals surface area contributed by atoms with E-state index in [1.165, 1.54) is 6.92 Å². The topological polar surface area (TPSA) is 71.1 Å². The third-order valence-electron chi connectivity index (χ3n) is 4.03. The Morgan fingerprint density at radius 3 is 2.39 bits per heavy atom. The summed E-state index contributed by atoms with van der Waals surface area (Å²) in [6.45, 7) is 3.87. The van der Waals surface area contributed by atoms with Crippen LogP contribution in [0.2, 0.25) is 5.02 Å². The van der Waals surface area contributed by atoms with Gasteiger partial charge >= 0.3 is 0 Å². The minimum Gasteiger partial charge on any atom is -0.349 e. The quantitative estimate of drug-likeness (QED) is 0.620. The van der Waals surface area contributed by atoms with E-state index in [0.29, 0.717) is 17.3 Å². The molecule has 2 N–H and O–H groups in total. The molecule has 144 valence electrons. The van der Waals surface area contributed by atoms with Gasteiger partial charge in [-0.3, -0.25) is 9.59 Å². The van der Waals surface area contributed by atoms with Gasteiger partial charge in [0, 0.05) is 28.1 Å². The lowest BCUT2D eigenvalue weighted by Gasteiger charge is -2.05. The summed E-state index contributed by atoms with van der Waals surface area (Å²) >= 11 is 7.51. The van der Waals surface area contributed by atoms with E-state index in [0.717, 1.165) is 26.7 Å². The molecule has 3 rings (SSSR count). The highest BCUT2D eigenvalue weighted by molar-refractivity contribution is 7.12. The molecule has 0 saturated carbocycles. The fraction of sp³-hybridized carbons (Fsp3) is 0.190. The molecule has 0 aliphatic heterocycles. The van der Waals surface area contributed by atoms with Crippen LogP contribution >= 0.6 is 22.9 Å². The Morgan fingerprint density at radius 1 is 1.07 bits per heavy atom. The number of aromatic nitrogens is 1. The number of carbonyl (C=O) groups is 2. The van der Waals surface area contributed by atoms with Crippen LogP contribution < -0.4 is 10.6 Å². The zero-order valence-corrected chi connectivity index (χ0v) is 17.2. The predicted octanol–water partition coefficient (Wildman–Crippen LogP) is 4.59. The highest BCUT2D eigenvalue weighted by Crippen LogP contribution is 2.28. The molecule has 0 atom stereocenters. The average Bonchev–Trinajstić information content (AvgIpc) is 3.03. The van der Waals surface area contributed by atoms with Gasteiger partial charge in [-0.05, 0) is 36.8 Å². The van der Waals surface area contributed by atoms with Gasteiger partial charge < -0.3 is 10.6 Å². The van der Waals surface area contributed by atoms with E-state index in [-0.39, 0.29) is 18.2 Å². The Balaban J connectivity index is 1.57. The number of carbonyl (C=O) groups excluding carboxylic acids is 2. The summed E-state index contributed by atoms with van der Waals surface area (Å²) in [5, 5.41) is 7.16. The lowest BCUT2D eigenvalue weighted by Crippen LogP contribution is -2.24. The van der Waals surface area contributed by atoms with Crippen molar-refractivity contribution in [3.8, 4) is 11.3 Å². The number of aryl methyl sites for hydroxylation is 1. The van der Waals surface area contributed by atoms with Crippen LogP contribution in [0.3, 0.4) is 0 Å². The molecule has 1 heterocycles. The van der Waals surface area contributed by atoms with Crippen LogP contribution in [0, 0.1) is 6.92 Å². The summed E-state index contributed by atoms with van der Waals surface area (Å²) in [5.41, 5.74) is 3.52. The molecule has 2 amide bonds. The van der Waals surface area contributed by atoms with Gasteiger partial charge in [-0.1, -0.05) is 35.9 Å². The SMILES string of the molecule is CC(=O)Nc1ccc(CC(=O)NCc2nc(-c3ccc(Cl)cc3)c(C)s2)cc1. The van der Waals surface area contributed by atoms with Gasteiger partial charge in [0.05, 0.1) is 18.7 Å². The number of rotatable bonds is 6. The fourth-order valence-corrected chi connectivity index (χ4v) is 3.75. The Morgan fingerprint density at radius 2 is 1.75 bits per heavy atom. The van der Waals surface area contributed by atoms with Crippen LogP contribution in [0.1, 0.15) is 22.4 Å². The average molecular weight is 414 g/mol. The van der Waals surface area contributed by atoms with Gasteiger partial charge in [0.25, 0.3) is 0 Å². The molecule has 28 heavy (non-hydrogen) atoms. The lowest BCUT2D eigenvalue weighted by molar-refractivity contribution is -0.120. The second kappa shape index (κ2) is 8.99. The minimum absolute atomic E-state index is 0.0758. The van der Waals surface area contributed by atoms with E-state index in [4.69, 9.17) is 11.6 Å². The van der Waals surface area contributed by atoms with E-state index >= 15 is 0 Å². The maximum atomic E-state index is 12.2. The highest BCUT2D eigenvalue weighted by atomic mass is 35.5. The second-order valence-corrected chi connectivity index (χ2v) is 8.08. The number of hydrogen-bond donors (Lipinski definition) is 2. The number of anilines is 1. The van der Waals surface area contributed by atoms with Gasteiger partial charge in [0.15, 0.2) is 0 Å². The van der Waals surface area contributed by atoms with Crippen molar-refractivity contribution in [1.82, 2.24) is 10.3 Å². The smallest absolute Gasteiger partial charge is 0.224 e. The number of amides is 2. The molecular weight excluding hydrogens is 394 g/mol. The molecule has 0 bridgehead atoms. The number of hydrogen-bond acceptors (Lipinski definition) is 4. The minimum atomic E-state index is -0.123. The van der Waals surface area contributed by atoms with Gasteiger partial charge in [-0.15, -0.1) is 11.3 Å². The molecule has 0 fully saturated rings. The summed E-state index contributed by atoms with van der Waals surface area (Å²) in [5.74, 6) is -0.199. The third-order valence-corrected chi connectivity index (χ3v) is 5.26. The largest absolute Gasteiger partial charge is 0.349 e. The Labute approximate surface area is 172 Å². The molecule has 0 radical (unpaired) electrons. The van der Waals surface area contributed by atoms with Crippen LogP contribution in [0.15, 0.2) is 48.5 Å². The second-order valence-electron chi connectivity index (χ2n) is 6.35. The Bertz CT molecular complexity index is 982. The third kappa shape index (κ3) is 5.41. The van der Waals surface area contributed by atoms with Gasteiger partial charge in [-0.25, -0.2) is 4.98 Å². The first kappa shape index (κ1) is 20.0. The molecule has 2 aromatic carbocycles. The summed E-state index contributed by atoms with van der Waals surface area (Å²) in [4.78, 5) is 29.0. The maximum Gasteiger partial charge on any atom is 0.224 e. The Hall–Kier alpha value is -2.70. The van der Waals surface area contributed by atoms with E-state index in [9.17, 15) is 9.59 Å². The van der Waals surface area contributed by atoms with Crippen LogP contribution in [0.25, 0.3) is 11.3 Å². The van der Waals surface area contributed by atoms with Crippen molar-refractivity contribution >= 4 is 40.4 Å². The molecule has 0 spiro atoms. The van der Waals surface area contributed by atoms with E-state index in [1.807, 2.05) is 43.3 Å². The summed E-state index contributed by atoms with van der Waals surface area (Å²) in [6, 6.07) is 14.8. The van der Waals surface area contributed by atoms with Crippen molar-refractivity contribution in [2.45, 2.75) is 26.8 Å². The first-order chi connectivity index (χ1) is 13.4. The van der Waals surface area contributed by atoms with Crippen molar-refractivity contribution in [3.05, 3.63) is 69.0 Å².